The largest absolute Gasteiger partial charge is 0.337 e. The van der Waals surface area contributed by atoms with E-state index in [0.29, 0.717) is 12.6 Å². The molecule has 4 heterocycles. The van der Waals surface area contributed by atoms with Gasteiger partial charge in [-0.3, -0.25) is 14.4 Å². The molecule has 0 aliphatic carbocycles. The lowest BCUT2D eigenvalue weighted by Gasteiger charge is -2.37. The van der Waals surface area contributed by atoms with Crippen LogP contribution < -0.4 is 0 Å². The Hall–Kier alpha value is -1.73. The zero-order valence-corrected chi connectivity index (χ0v) is 14.6. The van der Waals surface area contributed by atoms with E-state index >= 15 is 0 Å². The Morgan fingerprint density at radius 3 is 3.17 bits per heavy atom. The predicted octanol–water partition coefficient (Wildman–Crippen LogP) is 1.78. The van der Waals surface area contributed by atoms with Gasteiger partial charge >= 0.3 is 0 Å². The summed E-state index contributed by atoms with van der Waals surface area (Å²) in [5.74, 6) is 0.261. The predicted molar refractivity (Wildman–Crippen MR) is 92.7 cm³/mol. The van der Waals surface area contributed by atoms with Crippen LogP contribution in [0, 0.1) is 0 Å². The number of piperidine rings is 1. The SMILES string of the molecule is O=C(CN1CCCC[C@H]1Cn1cncn1)N1CCc2sccc2C1. The van der Waals surface area contributed by atoms with Gasteiger partial charge in [0.1, 0.15) is 12.7 Å². The summed E-state index contributed by atoms with van der Waals surface area (Å²) in [5, 5.41) is 6.35. The van der Waals surface area contributed by atoms with Crippen molar-refractivity contribution in [1.29, 1.82) is 0 Å². The molecule has 24 heavy (non-hydrogen) atoms. The second-order valence-corrected chi connectivity index (χ2v) is 7.67. The molecule has 0 unspecified atom stereocenters. The molecule has 0 aromatic carbocycles. The van der Waals surface area contributed by atoms with Crippen LogP contribution in [0.1, 0.15) is 29.7 Å². The molecule has 4 rings (SSSR count). The van der Waals surface area contributed by atoms with Gasteiger partial charge in [0.05, 0.1) is 13.1 Å². The molecule has 1 amide bonds. The number of hydrogen-bond acceptors (Lipinski definition) is 5. The van der Waals surface area contributed by atoms with E-state index in [1.807, 2.05) is 20.9 Å². The van der Waals surface area contributed by atoms with Gasteiger partial charge in [0, 0.05) is 24.0 Å². The van der Waals surface area contributed by atoms with Crippen LogP contribution in [0.3, 0.4) is 0 Å². The summed E-state index contributed by atoms with van der Waals surface area (Å²) in [6.07, 6.45) is 7.87. The van der Waals surface area contributed by atoms with E-state index in [4.69, 9.17) is 0 Å². The first-order valence-electron chi connectivity index (χ1n) is 8.69. The summed E-state index contributed by atoms with van der Waals surface area (Å²) in [6.45, 7) is 3.98. The number of aromatic nitrogens is 3. The lowest BCUT2D eigenvalue weighted by molar-refractivity contribution is -0.134. The quantitative estimate of drug-likeness (QED) is 0.848. The molecular weight excluding hydrogens is 322 g/mol. The zero-order valence-electron chi connectivity index (χ0n) is 13.8. The van der Waals surface area contributed by atoms with Crippen LogP contribution in [0.15, 0.2) is 24.1 Å². The molecule has 0 N–H and O–H groups in total. The number of amides is 1. The second-order valence-electron chi connectivity index (χ2n) is 6.67. The van der Waals surface area contributed by atoms with Crippen molar-refractivity contribution in [3.05, 3.63) is 34.5 Å². The summed E-state index contributed by atoms with van der Waals surface area (Å²) in [4.78, 5) is 22.6. The number of hydrogen-bond donors (Lipinski definition) is 0. The van der Waals surface area contributed by atoms with Crippen LogP contribution in [0.4, 0.5) is 0 Å². The van der Waals surface area contributed by atoms with E-state index in [9.17, 15) is 4.79 Å². The fourth-order valence-corrected chi connectivity index (χ4v) is 4.64. The molecule has 0 spiro atoms. The number of fused-ring (bicyclic) bond motifs is 1. The Labute approximate surface area is 146 Å². The third-order valence-electron chi connectivity index (χ3n) is 5.11. The molecule has 0 bridgehead atoms. The van der Waals surface area contributed by atoms with E-state index in [1.54, 1.807) is 12.7 Å². The van der Waals surface area contributed by atoms with Gasteiger partial charge in [-0.05, 0) is 42.8 Å². The third-order valence-corrected chi connectivity index (χ3v) is 6.14. The monoisotopic (exact) mass is 345 g/mol. The van der Waals surface area contributed by atoms with Gasteiger partial charge in [0.2, 0.25) is 5.91 Å². The summed E-state index contributed by atoms with van der Waals surface area (Å²) < 4.78 is 1.88. The minimum absolute atomic E-state index is 0.261. The molecule has 1 saturated heterocycles. The number of carbonyl (C=O) groups excluding carboxylic acids is 1. The van der Waals surface area contributed by atoms with Gasteiger partial charge in [-0.2, -0.15) is 5.10 Å². The van der Waals surface area contributed by atoms with Crippen LogP contribution in [0.2, 0.25) is 0 Å². The van der Waals surface area contributed by atoms with Gasteiger partial charge < -0.3 is 4.90 Å². The van der Waals surface area contributed by atoms with Gasteiger partial charge in [0.25, 0.3) is 0 Å². The van der Waals surface area contributed by atoms with Crippen molar-refractivity contribution in [3.8, 4) is 0 Å². The summed E-state index contributed by atoms with van der Waals surface area (Å²) in [6, 6.07) is 2.54. The molecule has 2 aliphatic rings. The fourth-order valence-electron chi connectivity index (χ4n) is 3.75. The molecule has 6 nitrogen and oxygen atoms in total. The van der Waals surface area contributed by atoms with Gasteiger partial charge in [-0.25, -0.2) is 4.98 Å². The molecule has 128 valence electrons. The van der Waals surface area contributed by atoms with E-state index < -0.39 is 0 Å². The maximum Gasteiger partial charge on any atom is 0.237 e. The van der Waals surface area contributed by atoms with Crippen molar-refractivity contribution in [2.75, 3.05) is 19.6 Å². The minimum atomic E-state index is 0.261. The molecule has 2 aliphatic heterocycles. The molecule has 2 aromatic rings. The minimum Gasteiger partial charge on any atom is -0.337 e. The number of nitrogens with zero attached hydrogens (tertiary/aromatic N) is 5. The summed E-state index contributed by atoms with van der Waals surface area (Å²) in [5.41, 5.74) is 1.33. The topological polar surface area (TPSA) is 54.3 Å². The number of likely N-dealkylation sites (tertiary alicyclic amines) is 1. The highest BCUT2D eigenvalue weighted by molar-refractivity contribution is 7.10. The van der Waals surface area contributed by atoms with Gasteiger partial charge in [0.15, 0.2) is 0 Å². The van der Waals surface area contributed by atoms with Crippen LogP contribution >= 0.6 is 11.3 Å². The van der Waals surface area contributed by atoms with E-state index in [-0.39, 0.29) is 5.91 Å². The Kier molecular flexibility index (Phi) is 4.62. The van der Waals surface area contributed by atoms with Crippen LogP contribution in [-0.4, -0.2) is 56.1 Å². The smallest absolute Gasteiger partial charge is 0.237 e. The fraction of sp³-hybridized carbons (Fsp3) is 0.588. The van der Waals surface area contributed by atoms with Crippen molar-refractivity contribution in [1.82, 2.24) is 24.6 Å². The Morgan fingerprint density at radius 1 is 1.33 bits per heavy atom. The number of rotatable bonds is 4. The van der Waals surface area contributed by atoms with E-state index in [0.717, 1.165) is 39.0 Å². The lowest BCUT2D eigenvalue weighted by Crippen LogP contribution is -2.49. The lowest BCUT2D eigenvalue weighted by atomic mass is 10.0. The normalized spacial score (nSPS) is 21.7. The van der Waals surface area contributed by atoms with Crippen molar-refractivity contribution in [3.63, 3.8) is 0 Å². The second kappa shape index (κ2) is 7.03. The first-order valence-corrected chi connectivity index (χ1v) is 9.57. The number of carbonyl (C=O) groups is 1. The van der Waals surface area contributed by atoms with Gasteiger partial charge in [-0.15, -0.1) is 11.3 Å². The standard InChI is InChI=1S/C17H23N5OS/c23-17(21-7-4-16-14(9-21)5-8-24-16)11-20-6-2-1-3-15(20)10-22-13-18-12-19-22/h5,8,12-13,15H,1-4,6-7,9-11H2/t15-/m0/s1. The Bertz CT molecular complexity index is 683. The third kappa shape index (κ3) is 3.37. The highest BCUT2D eigenvalue weighted by atomic mass is 32.1. The van der Waals surface area contributed by atoms with Crippen molar-refractivity contribution in [2.45, 2.75) is 44.8 Å². The van der Waals surface area contributed by atoms with E-state index in [1.165, 1.54) is 23.3 Å². The maximum absolute atomic E-state index is 12.8. The molecular formula is C17H23N5OS. The Balaban J connectivity index is 1.38. The van der Waals surface area contributed by atoms with Crippen LogP contribution in [0.5, 0.6) is 0 Å². The zero-order chi connectivity index (χ0) is 16.4. The van der Waals surface area contributed by atoms with E-state index in [2.05, 4.69) is 26.4 Å². The Morgan fingerprint density at radius 2 is 2.29 bits per heavy atom. The van der Waals surface area contributed by atoms with Crippen molar-refractivity contribution >= 4 is 17.2 Å². The van der Waals surface area contributed by atoms with Crippen LogP contribution in [0.25, 0.3) is 0 Å². The van der Waals surface area contributed by atoms with Crippen molar-refractivity contribution < 1.29 is 4.79 Å². The maximum atomic E-state index is 12.8. The van der Waals surface area contributed by atoms with Crippen molar-refractivity contribution in [2.24, 2.45) is 0 Å². The van der Waals surface area contributed by atoms with Gasteiger partial charge in [-0.1, -0.05) is 6.42 Å². The molecule has 0 radical (unpaired) electrons. The first-order chi connectivity index (χ1) is 11.8. The summed E-state index contributed by atoms with van der Waals surface area (Å²) in [7, 11) is 0. The average molecular weight is 345 g/mol. The molecule has 7 heteroatoms. The number of thiophene rings is 1. The molecule has 1 fully saturated rings. The first kappa shape index (κ1) is 15.8. The molecule has 2 aromatic heterocycles. The highest BCUT2D eigenvalue weighted by Crippen LogP contribution is 2.25. The van der Waals surface area contributed by atoms with Crippen LogP contribution in [-0.2, 0) is 24.3 Å². The molecule has 0 saturated carbocycles. The highest BCUT2D eigenvalue weighted by Gasteiger charge is 2.28. The summed E-state index contributed by atoms with van der Waals surface area (Å²) >= 11 is 1.81. The molecule has 1 atom stereocenters. The average Bonchev–Trinajstić information content (AvgIpc) is 3.27.